The van der Waals surface area contributed by atoms with E-state index in [9.17, 15) is 0 Å². The van der Waals surface area contributed by atoms with Crippen LogP contribution < -0.4 is 10.1 Å². The number of unbranched alkanes of at least 4 members (excludes halogenated alkanes) is 1. The van der Waals surface area contributed by atoms with Crippen LogP contribution in [0.1, 0.15) is 37.8 Å². The minimum atomic E-state index is 0.146. The van der Waals surface area contributed by atoms with Crippen molar-refractivity contribution in [2.75, 3.05) is 20.3 Å². The van der Waals surface area contributed by atoms with Gasteiger partial charge in [0.1, 0.15) is 11.5 Å². The average Bonchev–Trinajstić information content (AvgIpc) is 2.96. The van der Waals surface area contributed by atoms with E-state index in [1.807, 2.05) is 19.2 Å². The first kappa shape index (κ1) is 13.9. The van der Waals surface area contributed by atoms with Crippen molar-refractivity contribution in [1.82, 2.24) is 5.32 Å². The molecule has 1 unspecified atom stereocenters. The van der Waals surface area contributed by atoms with Gasteiger partial charge in [0.05, 0.1) is 19.3 Å². The second-order valence-corrected chi connectivity index (χ2v) is 4.74. The van der Waals surface area contributed by atoms with E-state index in [1.54, 1.807) is 0 Å². The second kappa shape index (κ2) is 7.19. The summed E-state index contributed by atoms with van der Waals surface area (Å²) in [5.74, 6) is 1.97. The molecule has 1 aliphatic rings. The van der Waals surface area contributed by atoms with Gasteiger partial charge in [-0.3, -0.25) is 0 Å². The first-order chi connectivity index (χ1) is 9.35. The zero-order valence-electron chi connectivity index (χ0n) is 11.8. The number of ether oxygens (including phenoxy) is 2. The van der Waals surface area contributed by atoms with E-state index < -0.39 is 0 Å². The van der Waals surface area contributed by atoms with Crippen LogP contribution in [0.5, 0.6) is 5.75 Å². The molecule has 1 aromatic rings. The minimum Gasteiger partial charge on any atom is -0.496 e. The molecule has 1 aromatic carbocycles. The monoisotopic (exact) mass is 261 g/mol. The van der Waals surface area contributed by atoms with Crippen LogP contribution in [0.25, 0.3) is 0 Å². The number of rotatable bonds is 7. The number of likely N-dealkylation sites (N-methyl/N-ethyl adjacent to an activating group) is 1. The zero-order chi connectivity index (χ0) is 13.5. The van der Waals surface area contributed by atoms with Gasteiger partial charge in [-0.15, -0.1) is 0 Å². The summed E-state index contributed by atoms with van der Waals surface area (Å²) < 4.78 is 11.3. The molecule has 3 nitrogen and oxygen atoms in total. The molecule has 3 heteroatoms. The molecule has 2 rings (SSSR count). The number of hydrogen-bond acceptors (Lipinski definition) is 3. The molecular formula is C16H23NO2. The Morgan fingerprint density at radius 3 is 2.68 bits per heavy atom. The molecule has 0 amide bonds. The third-order valence-electron chi connectivity index (χ3n) is 3.29. The lowest BCUT2D eigenvalue weighted by molar-refractivity contribution is 0.218. The zero-order valence-corrected chi connectivity index (χ0v) is 11.8. The molecule has 0 aliphatic carbocycles. The maximum atomic E-state index is 5.67. The van der Waals surface area contributed by atoms with Crippen LogP contribution in [-0.4, -0.2) is 20.3 Å². The molecule has 104 valence electrons. The number of benzene rings is 1. The van der Waals surface area contributed by atoms with Gasteiger partial charge >= 0.3 is 0 Å². The Labute approximate surface area is 115 Å². The highest BCUT2D eigenvalue weighted by Crippen LogP contribution is 2.27. The summed E-state index contributed by atoms with van der Waals surface area (Å²) in [5.41, 5.74) is 1.21. The van der Waals surface area contributed by atoms with Crippen LogP contribution in [-0.2, 0) is 4.74 Å². The van der Waals surface area contributed by atoms with Crippen LogP contribution in [0.15, 0.2) is 36.1 Å². The summed E-state index contributed by atoms with van der Waals surface area (Å²) in [6, 6.07) is 8.42. The summed E-state index contributed by atoms with van der Waals surface area (Å²) in [6.45, 7) is 3.75. The standard InChI is InChI=1S/C16H23NO2/c1-3-4-11-18-14-9-7-13(8-10-14)16(17-2)15-6-5-12-19-15/h6-10,16-17H,3-5,11-12H2,1-2H3. The minimum absolute atomic E-state index is 0.146. The van der Waals surface area contributed by atoms with Gasteiger partial charge < -0.3 is 14.8 Å². The average molecular weight is 261 g/mol. The fourth-order valence-electron chi connectivity index (χ4n) is 2.20. The van der Waals surface area contributed by atoms with Crippen molar-refractivity contribution in [1.29, 1.82) is 0 Å². The largest absolute Gasteiger partial charge is 0.496 e. The van der Waals surface area contributed by atoms with Gasteiger partial charge in [-0.05, 0) is 37.2 Å². The van der Waals surface area contributed by atoms with Gasteiger partial charge in [-0.1, -0.05) is 25.5 Å². The molecule has 0 radical (unpaired) electrons. The molecule has 0 fully saturated rings. The third-order valence-corrected chi connectivity index (χ3v) is 3.29. The van der Waals surface area contributed by atoms with Crippen molar-refractivity contribution in [3.8, 4) is 5.75 Å². The normalized spacial score (nSPS) is 15.8. The molecule has 1 heterocycles. The molecule has 0 spiro atoms. The smallest absolute Gasteiger partial charge is 0.119 e. The molecule has 0 saturated carbocycles. The summed E-state index contributed by atoms with van der Waals surface area (Å²) in [7, 11) is 1.96. The van der Waals surface area contributed by atoms with E-state index in [0.717, 1.165) is 44.0 Å². The van der Waals surface area contributed by atoms with Gasteiger partial charge in [-0.2, -0.15) is 0 Å². The van der Waals surface area contributed by atoms with E-state index in [0.29, 0.717) is 0 Å². The highest BCUT2D eigenvalue weighted by molar-refractivity contribution is 5.32. The van der Waals surface area contributed by atoms with Crippen molar-refractivity contribution < 1.29 is 9.47 Å². The summed E-state index contributed by atoms with van der Waals surface area (Å²) in [6.07, 6.45) is 5.42. The lowest BCUT2D eigenvalue weighted by Gasteiger charge is -2.18. The first-order valence-corrected chi connectivity index (χ1v) is 7.08. The van der Waals surface area contributed by atoms with E-state index in [4.69, 9.17) is 9.47 Å². The first-order valence-electron chi connectivity index (χ1n) is 7.08. The Balaban J connectivity index is 1.99. The van der Waals surface area contributed by atoms with Gasteiger partial charge in [0.15, 0.2) is 0 Å². The Morgan fingerprint density at radius 2 is 2.11 bits per heavy atom. The van der Waals surface area contributed by atoms with E-state index >= 15 is 0 Å². The number of nitrogens with one attached hydrogen (secondary N) is 1. The van der Waals surface area contributed by atoms with Crippen molar-refractivity contribution in [2.45, 2.75) is 32.2 Å². The number of hydrogen-bond donors (Lipinski definition) is 1. The Morgan fingerprint density at radius 1 is 1.32 bits per heavy atom. The van der Waals surface area contributed by atoms with E-state index in [-0.39, 0.29) is 6.04 Å². The van der Waals surface area contributed by atoms with Crippen LogP contribution in [0.2, 0.25) is 0 Å². The van der Waals surface area contributed by atoms with Crippen molar-refractivity contribution in [3.63, 3.8) is 0 Å². The van der Waals surface area contributed by atoms with E-state index in [1.165, 1.54) is 5.56 Å². The highest BCUT2D eigenvalue weighted by atomic mass is 16.5. The van der Waals surface area contributed by atoms with Crippen molar-refractivity contribution in [3.05, 3.63) is 41.7 Å². The lowest BCUT2D eigenvalue weighted by atomic mass is 10.0. The molecule has 19 heavy (non-hydrogen) atoms. The topological polar surface area (TPSA) is 30.5 Å². The SMILES string of the molecule is CCCCOc1ccc(C(NC)C2=CCCO2)cc1. The van der Waals surface area contributed by atoms with Crippen molar-refractivity contribution >= 4 is 0 Å². The molecule has 0 saturated heterocycles. The molecule has 1 N–H and O–H groups in total. The Hall–Kier alpha value is -1.48. The quantitative estimate of drug-likeness (QED) is 0.763. The molecule has 0 bridgehead atoms. The predicted octanol–water partition coefficient (Wildman–Crippen LogP) is 3.43. The fraction of sp³-hybridized carbons (Fsp3) is 0.500. The molecule has 1 atom stereocenters. The van der Waals surface area contributed by atoms with Crippen LogP contribution >= 0.6 is 0 Å². The summed E-state index contributed by atoms with van der Waals surface area (Å²) >= 11 is 0. The molecule has 0 aromatic heterocycles. The summed E-state index contributed by atoms with van der Waals surface area (Å²) in [4.78, 5) is 0. The third kappa shape index (κ3) is 3.74. The highest BCUT2D eigenvalue weighted by Gasteiger charge is 2.18. The predicted molar refractivity (Wildman–Crippen MR) is 77.3 cm³/mol. The van der Waals surface area contributed by atoms with Gasteiger partial charge in [0.25, 0.3) is 0 Å². The van der Waals surface area contributed by atoms with Crippen LogP contribution in [0.3, 0.4) is 0 Å². The Kier molecular flexibility index (Phi) is 5.28. The lowest BCUT2D eigenvalue weighted by Crippen LogP contribution is -2.18. The van der Waals surface area contributed by atoms with Gasteiger partial charge in [0, 0.05) is 6.42 Å². The maximum Gasteiger partial charge on any atom is 0.119 e. The Bertz CT molecular complexity index is 411. The van der Waals surface area contributed by atoms with Crippen LogP contribution in [0, 0.1) is 0 Å². The van der Waals surface area contributed by atoms with E-state index in [2.05, 4.69) is 30.4 Å². The van der Waals surface area contributed by atoms with Crippen LogP contribution in [0.4, 0.5) is 0 Å². The molecular weight excluding hydrogens is 238 g/mol. The maximum absolute atomic E-state index is 5.67. The second-order valence-electron chi connectivity index (χ2n) is 4.74. The fourth-order valence-corrected chi connectivity index (χ4v) is 2.20. The van der Waals surface area contributed by atoms with Crippen molar-refractivity contribution in [2.24, 2.45) is 0 Å². The molecule has 1 aliphatic heterocycles. The van der Waals surface area contributed by atoms with Gasteiger partial charge in [0.2, 0.25) is 0 Å². The summed E-state index contributed by atoms with van der Waals surface area (Å²) in [5, 5.41) is 3.30. The van der Waals surface area contributed by atoms with Gasteiger partial charge in [-0.25, -0.2) is 0 Å².